The second-order valence-corrected chi connectivity index (χ2v) is 11.1. The van der Waals surface area contributed by atoms with Gasteiger partial charge in [0, 0.05) is 17.6 Å². The highest BCUT2D eigenvalue weighted by atomic mass is 31.2. The molecule has 0 aliphatic carbocycles. The van der Waals surface area contributed by atoms with Gasteiger partial charge in [-0.25, -0.2) is 0 Å². The quantitative estimate of drug-likeness (QED) is 0.267. The van der Waals surface area contributed by atoms with E-state index in [1.165, 1.54) is 43.8 Å². The van der Waals surface area contributed by atoms with Crippen molar-refractivity contribution in [2.24, 2.45) is 0 Å². The second kappa shape index (κ2) is 6.69. The Labute approximate surface area is 176 Å². The van der Waals surface area contributed by atoms with E-state index in [-0.39, 0.29) is 0 Å². The third-order valence-corrected chi connectivity index (χ3v) is 9.30. The van der Waals surface area contributed by atoms with Crippen LogP contribution in [-0.2, 0) is 16.9 Å². The Balaban J connectivity index is 1.76. The second-order valence-electron chi connectivity index (χ2n) is 8.18. The molecule has 1 aliphatic rings. The average Bonchev–Trinajstić information content (AvgIpc) is 2.94. The number of hydrogen-bond donors (Lipinski definition) is 0. The van der Waals surface area contributed by atoms with Gasteiger partial charge in [0.25, 0.3) is 0 Å². The average molecular weight is 404 g/mol. The third kappa shape index (κ3) is 2.66. The summed E-state index contributed by atoms with van der Waals surface area (Å²) in [6.07, 6.45) is 1.19. The maximum absolute atomic E-state index is 14.5. The van der Waals surface area contributed by atoms with E-state index in [0.717, 1.165) is 5.30 Å². The van der Waals surface area contributed by atoms with Gasteiger partial charge in [-0.2, -0.15) is 0 Å². The van der Waals surface area contributed by atoms with Crippen molar-refractivity contribution >= 4 is 34.0 Å². The van der Waals surface area contributed by atoms with Crippen molar-refractivity contribution in [2.75, 3.05) is 0 Å². The summed E-state index contributed by atoms with van der Waals surface area (Å²) < 4.78 is 14.5. The van der Waals surface area contributed by atoms with Gasteiger partial charge in [-0.15, -0.1) is 0 Å². The van der Waals surface area contributed by atoms with Crippen molar-refractivity contribution in [1.29, 1.82) is 0 Å². The lowest BCUT2D eigenvalue weighted by Crippen LogP contribution is -2.07. The Bertz CT molecular complexity index is 1380. The first-order valence-electron chi connectivity index (χ1n) is 10.4. The van der Waals surface area contributed by atoms with Crippen LogP contribution >= 0.6 is 7.14 Å². The van der Waals surface area contributed by atoms with Crippen molar-refractivity contribution in [3.63, 3.8) is 0 Å². The highest BCUT2D eigenvalue weighted by Gasteiger charge is 2.32. The molecule has 30 heavy (non-hydrogen) atoms. The van der Waals surface area contributed by atoms with Crippen molar-refractivity contribution in [1.82, 2.24) is 0 Å². The normalized spacial score (nSPS) is 14.8. The lowest BCUT2D eigenvalue weighted by atomic mass is 9.88. The molecule has 5 aromatic carbocycles. The summed E-state index contributed by atoms with van der Waals surface area (Å²) in [5.74, 6) is 0. The molecule has 5 aromatic rings. The molecular formula is C28H21OP. The van der Waals surface area contributed by atoms with Gasteiger partial charge in [-0.1, -0.05) is 103 Å². The van der Waals surface area contributed by atoms with Gasteiger partial charge in [0.05, 0.1) is 0 Å². The number of rotatable bonds is 1. The van der Waals surface area contributed by atoms with Crippen LogP contribution in [0.1, 0.15) is 11.1 Å². The molecule has 0 saturated heterocycles. The van der Waals surface area contributed by atoms with Gasteiger partial charge in [0.1, 0.15) is 7.14 Å². The van der Waals surface area contributed by atoms with Gasteiger partial charge in [-0.05, 0) is 43.8 Å². The van der Waals surface area contributed by atoms with Gasteiger partial charge >= 0.3 is 0 Å². The summed E-state index contributed by atoms with van der Waals surface area (Å²) in [6, 6.07) is 36.0. The van der Waals surface area contributed by atoms with Crippen LogP contribution in [0.2, 0.25) is 0 Å². The molecule has 0 saturated carbocycles. The molecule has 144 valence electrons. The van der Waals surface area contributed by atoms with E-state index in [0.29, 0.717) is 12.3 Å². The summed E-state index contributed by atoms with van der Waals surface area (Å²) in [5, 5.41) is 5.92. The predicted octanol–water partition coefficient (Wildman–Crippen LogP) is 7.36. The minimum absolute atomic E-state index is 0.597. The first kappa shape index (κ1) is 17.7. The van der Waals surface area contributed by atoms with E-state index < -0.39 is 7.14 Å². The lowest BCUT2D eigenvalue weighted by Gasteiger charge is -2.17. The van der Waals surface area contributed by atoms with Crippen molar-refractivity contribution in [3.8, 4) is 11.1 Å². The van der Waals surface area contributed by atoms with Crippen LogP contribution in [0.4, 0.5) is 0 Å². The Morgan fingerprint density at radius 3 is 1.50 bits per heavy atom. The fraction of sp³-hybridized carbons (Fsp3) is 0.0714. The molecule has 0 amide bonds. The van der Waals surface area contributed by atoms with E-state index in [9.17, 15) is 4.57 Å². The Kier molecular flexibility index (Phi) is 3.94. The largest absolute Gasteiger partial charge is 0.318 e. The molecule has 0 radical (unpaired) electrons. The minimum atomic E-state index is -2.63. The van der Waals surface area contributed by atoms with Gasteiger partial charge in [0.2, 0.25) is 0 Å². The van der Waals surface area contributed by atoms with E-state index in [2.05, 4.69) is 72.8 Å². The molecule has 0 aromatic heterocycles. The van der Waals surface area contributed by atoms with Crippen LogP contribution in [0.15, 0.2) is 103 Å². The minimum Gasteiger partial charge on any atom is -0.318 e. The number of fused-ring (bicyclic) bond motifs is 7. The fourth-order valence-electron chi connectivity index (χ4n) is 4.98. The Morgan fingerprint density at radius 1 is 0.500 bits per heavy atom. The first-order chi connectivity index (χ1) is 14.7. The van der Waals surface area contributed by atoms with Crippen LogP contribution in [-0.4, -0.2) is 0 Å². The molecule has 1 nitrogen and oxygen atoms in total. The summed E-state index contributed by atoms with van der Waals surface area (Å²) in [6.45, 7) is 0. The van der Waals surface area contributed by atoms with Crippen molar-refractivity contribution in [3.05, 3.63) is 114 Å². The Morgan fingerprint density at radius 2 is 0.967 bits per heavy atom. The molecule has 0 atom stereocenters. The van der Waals surface area contributed by atoms with Crippen LogP contribution in [0.25, 0.3) is 32.7 Å². The van der Waals surface area contributed by atoms with Crippen LogP contribution in [0.5, 0.6) is 0 Å². The molecule has 0 bridgehead atoms. The molecule has 2 heteroatoms. The summed E-state index contributed by atoms with van der Waals surface area (Å²) in [5.41, 5.74) is 4.90. The molecular weight excluding hydrogens is 383 g/mol. The molecule has 1 heterocycles. The van der Waals surface area contributed by atoms with Crippen LogP contribution in [0.3, 0.4) is 0 Å². The first-order valence-corrected chi connectivity index (χ1v) is 12.5. The molecule has 0 spiro atoms. The monoisotopic (exact) mass is 404 g/mol. The molecule has 0 unspecified atom stereocenters. The number of hydrogen-bond acceptors (Lipinski definition) is 1. The Hall–Kier alpha value is -3.15. The SMILES string of the molecule is O=P1(c2ccccc2)Cc2ccc3ccccc3c2-c2c(ccc3ccccc23)C1. The molecule has 1 aliphatic heterocycles. The fourth-order valence-corrected chi connectivity index (χ4v) is 7.80. The summed E-state index contributed by atoms with van der Waals surface area (Å²) in [7, 11) is -2.63. The zero-order chi connectivity index (χ0) is 20.1. The lowest BCUT2D eigenvalue weighted by molar-refractivity contribution is 0.580. The maximum Gasteiger partial charge on any atom is 0.124 e. The van der Waals surface area contributed by atoms with E-state index in [1.54, 1.807) is 0 Å². The highest BCUT2D eigenvalue weighted by molar-refractivity contribution is 7.70. The van der Waals surface area contributed by atoms with Crippen molar-refractivity contribution in [2.45, 2.75) is 12.3 Å². The zero-order valence-corrected chi connectivity index (χ0v) is 17.5. The summed E-state index contributed by atoms with van der Waals surface area (Å²) in [4.78, 5) is 0. The van der Waals surface area contributed by atoms with E-state index in [4.69, 9.17) is 0 Å². The van der Waals surface area contributed by atoms with Gasteiger partial charge in [0.15, 0.2) is 0 Å². The number of benzene rings is 5. The zero-order valence-electron chi connectivity index (χ0n) is 16.6. The van der Waals surface area contributed by atoms with Crippen LogP contribution < -0.4 is 5.30 Å². The standard InChI is InChI=1S/C28H21OP/c29-30(24-10-2-1-3-11-24)18-22-16-14-20-8-4-6-12-25(20)27(22)28-23(19-30)17-15-21-9-5-7-13-26(21)28/h1-17H,18-19H2. The topological polar surface area (TPSA) is 17.1 Å². The van der Waals surface area contributed by atoms with Gasteiger partial charge in [-0.3, -0.25) is 0 Å². The third-order valence-electron chi connectivity index (χ3n) is 6.36. The van der Waals surface area contributed by atoms with E-state index >= 15 is 0 Å². The predicted molar refractivity (Wildman–Crippen MR) is 128 cm³/mol. The summed E-state index contributed by atoms with van der Waals surface area (Å²) >= 11 is 0. The van der Waals surface area contributed by atoms with Crippen LogP contribution in [0, 0.1) is 0 Å². The van der Waals surface area contributed by atoms with E-state index in [1.807, 2.05) is 30.3 Å². The maximum atomic E-state index is 14.5. The van der Waals surface area contributed by atoms with Gasteiger partial charge < -0.3 is 4.57 Å². The highest BCUT2D eigenvalue weighted by Crippen LogP contribution is 2.57. The smallest absolute Gasteiger partial charge is 0.124 e. The molecule has 6 rings (SSSR count). The molecule has 0 N–H and O–H groups in total. The molecule has 0 fully saturated rings. The van der Waals surface area contributed by atoms with Crippen molar-refractivity contribution < 1.29 is 4.57 Å².